The highest BCUT2D eigenvalue weighted by Gasteiger charge is 2.19. The Morgan fingerprint density at radius 2 is 2.00 bits per heavy atom. The number of rotatable bonds is 3. The van der Waals surface area contributed by atoms with Crippen LogP contribution in [0.3, 0.4) is 0 Å². The van der Waals surface area contributed by atoms with Gasteiger partial charge in [0, 0.05) is 11.4 Å². The Kier molecular flexibility index (Phi) is 3.80. The first-order valence-electron chi connectivity index (χ1n) is 5.42. The van der Waals surface area contributed by atoms with Gasteiger partial charge in [-0.05, 0) is 36.8 Å². The fourth-order valence-corrected chi connectivity index (χ4v) is 2.98. The van der Waals surface area contributed by atoms with Gasteiger partial charge in [-0.25, -0.2) is 0 Å². The summed E-state index contributed by atoms with van der Waals surface area (Å²) in [5.74, 6) is 0. The molecule has 5 heteroatoms. The molecule has 0 unspecified atom stereocenters. The van der Waals surface area contributed by atoms with Gasteiger partial charge >= 0.3 is 7.12 Å². The molecule has 0 spiro atoms. The monoisotopic (exact) mass is 225 g/mol. The molecule has 2 rings (SSSR count). The van der Waals surface area contributed by atoms with E-state index >= 15 is 0 Å². The number of nitrogens with zero attached hydrogens (tertiary/aromatic N) is 1. The summed E-state index contributed by atoms with van der Waals surface area (Å²) in [5.41, 5.74) is 0.672. The maximum Gasteiger partial charge on any atom is 0.489 e. The van der Waals surface area contributed by atoms with E-state index in [0.717, 1.165) is 24.5 Å². The Labute approximate surface area is 94.5 Å². The summed E-state index contributed by atoms with van der Waals surface area (Å²) in [5, 5.41) is 20.3. The van der Waals surface area contributed by atoms with Gasteiger partial charge in [0.05, 0.1) is 0 Å². The molecule has 2 N–H and O–H groups in total. The highest BCUT2D eigenvalue weighted by Crippen LogP contribution is 2.15. The smallest absolute Gasteiger partial charge is 0.423 e. The minimum absolute atomic E-state index is 0.672. The van der Waals surface area contributed by atoms with Gasteiger partial charge in [-0.2, -0.15) is 0 Å². The fraction of sp³-hybridized carbons (Fsp3) is 0.600. The average molecular weight is 225 g/mol. The molecule has 0 amide bonds. The predicted octanol–water partition coefficient (Wildman–Crippen LogP) is 0.414. The molecule has 1 aliphatic rings. The molecule has 0 atom stereocenters. The van der Waals surface area contributed by atoms with Crippen LogP contribution in [0, 0.1) is 0 Å². The quantitative estimate of drug-likeness (QED) is 0.732. The largest absolute Gasteiger partial charge is 0.489 e. The van der Waals surface area contributed by atoms with Crippen LogP contribution in [0.5, 0.6) is 0 Å². The zero-order valence-corrected chi connectivity index (χ0v) is 9.54. The lowest BCUT2D eigenvalue weighted by atomic mass is 9.80. The zero-order chi connectivity index (χ0) is 10.7. The van der Waals surface area contributed by atoms with Gasteiger partial charge in [-0.15, -0.1) is 11.3 Å². The number of thiophene rings is 1. The van der Waals surface area contributed by atoms with E-state index in [2.05, 4.69) is 4.90 Å². The molecule has 82 valence electrons. The van der Waals surface area contributed by atoms with Crippen molar-refractivity contribution in [3.63, 3.8) is 0 Å². The van der Waals surface area contributed by atoms with Crippen molar-refractivity contribution in [3.8, 4) is 0 Å². The third-order valence-corrected chi connectivity index (χ3v) is 3.80. The first-order valence-corrected chi connectivity index (χ1v) is 6.30. The van der Waals surface area contributed by atoms with Gasteiger partial charge < -0.3 is 10.0 Å². The molecule has 0 saturated carbocycles. The molecule has 0 radical (unpaired) electrons. The van der Waals surface area contributed by atoms with Crippen LogP contribution in [0.2, 0.25) is 0 Å². The van der Waals surface area contributed by atoms with Crippen molar-refractivity contribution in [2.45, 2.75) is 25.8 Å². The summed E-state index contributed by atoms with van der Waals surface area (Å²) in [7, 11) is -1.32. The second kappa shape index (κ2) is 5.12. The van der Waals surface area contributed by atoms with Gasteiger partial charge in [-0.1, -0.05) is 12.5 Å². The minimum Gasteiger partial charge on any atom is -0.423 e. The van der Waals surface area contributed by atoms with Crippen LogP contribution in [0.1, 0.15) is 24.1 Å². The third-order valence-electron chi connectivity index (χ3n) is 2.87. The number of piperidine rings is 1. The van der Waals surface area contributed by atoms with Crippen molar-refractivity contribution in [3.05, 3.63) is 16.3 Å². The molecule has 1 aromatic rings. The molecule has 3 nitrogen and oxygen atoms in total. The highest BCUT2D eigenvalue weighted by atomic mass is 32.1. The lowest BCUT2D eigenvalue weighted by Gasteiger charge is -2.26. The Morgan fingerprint density at radius 1 is 1.27 bits per heavy atom. The Morgan fingerprint density at radius 3 is 2.67 bits per heavy atom. The van der Waals surface area contributed by atoms with Crippen molar-refractivity contribution in [1.29, 1.82) is 0 Å². The lowest BCUT2D eigenvalue weighted by Crippen LogP contribution is -2.35. The Bertz CT molecular complexity index is 310. The molecular formula is C10H16BNO2S. The van der Waals surface area contributed by atoms with E-state index in [9.17, 15) is 0 Å². The summed E-state index contributed by atoms with van der Waals surface area (Å²) in [6, 6.07) is 1.80. The van der Waals surface area contributed by atoms with Gasteiger partial charge in [0.1, 0.15) is 0 Å². The van der Waals surface area contributed by atoms with Crippen molar-refractivity contribution in [1.82, 2.24) is 4.90 Å². The van der Waals surface area contributed by atoms with Crippen LogP contribution in [-0.2, 0) is 6.54 Å². The summed E-state index contributed by atoms with van der Waals surface area (Å²) in [4.78, 5) is 3.48. The predicted molar refractivity (Wildman–Crippen MR) is 63.3 cm³/mol. The lowest BCUT2D eigenvalue weighted by molar-refractivity contribution is 0.223. The van der Waals surface area contributed by atoms with Crippen LogP contribution < -0.4 is 5.46 Å². The molecule has 1 fully saturated rings. The molecule has 0 aliphatic carbocycles. The molecule has 1 aromatic heterocycles. The number of hydrogen-bond donors (Lipinski definition) is 2. The molecule has 0 aromatic carbocycles. The van der Waals surface area contributed by atoms with Gasteiger partial charge in [-0.3, -0.25) is 4.90 Å². The highest BCUT2D eigenvalue weighted by molar-refractivity contribution is 7.11. The van der Waals surface area contributed by atoms with E-state index < -0.39 is 7.12 Å². The standard InChI is InChI=1S/C10H16BNO2S/c13-11(14)9-4-7-15-10(9)8-12-5-2-1-3-6-12/h4,7,13-14H,1-3,5-6,8H2. The summed E-state index contributed by atoms with van der Waals surface area (Å²) < 4.78 is 0. The fourth-order valence-electron chi connectivity index (χ4n) is 2.03. The first-order chi connectivity index (χ1) is 7.27. The Balaban J connectivity index is 1.99. The SMILES string of the molecule is OB(O)c1ccsc1CN1CCCCC1. The third kappa shape index (κ3) is 2.81. The van der Waals surface area contributed by atoms with Crippen LogP contribution in [0.25, 0.3) is 0 Å². The van der Waals surface area contributed by atoms with Crippen molar-refractivity contribution >= 4 is 23.9 Å². The molecule has 0 bridgehead atoms. The molecule has 1 aliphatic heterocycles. The van der Waals surface area contributed by atoms with E-state index in [4.69, 9.17) is 10.0 Å². The maximum atomic E-state index is 9.17. The van der Waals surface area contributed by atoms with Crippen molar-refractivity contribution in [2.75, 3.05) is 13.1 Å². The average Bonchev–Trinajstić information content (AvgIpc) is 2.67. The van der Waals surface area contributed by atoms with Gasteiger partial charge in [0.2, 0.25) is 0 Å². The summed E-state index contributed by atoms with van der Waals surface area (Å²) >= 11 is 1.61. The van der Waals surface area contributed by atoms with E-state index in [0.29, 0.717) is 5.46 Å². The van der Waals surface area contributed by atoms with Crippen molar-refractivity contribution < 1.29 is 10.0 Å². The second-order valence-corrected chi connectivity index (χ2v) is 5.01. The molecule has 15 heavy (non-hydrogen) atoms. The van der Waals surface area contributed by atoms with E-state index in [1.807, 2.05) is 5.38 Å². The number of hydrogen-bond acceptors (Lipinski definition) is 4. The Hall–Kier alpha value is -0.355. The maximum absolute atomic E-state index is 9.17. The normalized spacial score (nSPS) is 18.0. The van der Waals surface area contributed by atoms with Crippen molar-refractivity contribution in [2.24, 2.45) is 0 Å². The van der Waals surface area contributed by atoms with Gasteiger partial charge in [0.15, 0.2) is 0 Å². The van der Waals surface area contributed by atoms with E-state index in [-0.39, 0.29) is 0 Å². The topological polar surface area (TPSA) is 43.7 Å². The molecule has 1 saturated heterocycles. The summed E-state index contributed by atoms with van der Waals surface area (Å²) in [6.45, 7) is 3.14. The van der Waals surface area contributed by atoms with E-state index in [1.165, 1.54) is 19.3 Å². The van der Waals surface area contributed by atoms with Crippen LogP contribution >= 0.6 is 11.3 Å². The minimum atomic E-state index is -1.32. The van der Waals surface area contributed by atoms with Crippen LogP contribution in [-0.4, -0.2) is 35.2 Å². The molecular weight excluding hydrogens is 209 g/mol. The number of likely N-dealkylation sites (tertiary alicyclic amines) is 1. The van der Waals surface area contributed by atoms with Crippen LogP contribution in [0.4, 0.5) is 0 Å². The molecule has 2 heterocycles. The van der Waals surface area contributed by atoms with Gasteiger partial charge in [0.25, 0.3) is 0 Å². The second-order valence-electron chi connectivity index (χ2n) is 4.01. The first kappa shape index (κ1) is 11.1. The zero-order valence-electron chi connectivity index (χ0n) is 8.72. The summed E-state index contributed by atoms with van der Waals surface area (Å²) in [6.07, 6.45) is 3.86. The van der Waals surface area contributed by atoms with E-state index in [1.54, 1.807) is 17.4 Å². The van der Waals surface area contributed by atoms with Crippen LogP contribution in [0.15, 0.2) is 11.4 Å².